The monoisotopic (exact) mass is 339 g/mol. The van der Waals surface area contributed by atoms with Crippen molar-refractivity contribution in [3.63, 3.8) is 0 Å². The fourth-order valence-corrected chi connectivity index (χ4v) is 3.22. The molecule has 1 aromatic rings. The van der Waals surface area contributed by atoms with E-state index >= 15 is 0 Å². The summed E-state index contributed by atoms with van der Waals surface area (Å²) < 4.78 is 12.8. The van der Waals surface area contributed by atoms with Gasteiger partial charge in [-0.3, -0.25) is 0 Å². The molecular formula is C16H22BrNO2. The van der Waals surface area contributed by atoms with Crippen LogP contribution in [-0.4, -0.2) is 25.4 Å². The Morgan fingerprint density at radius 2 is 2.00 bits per heavy atom. The van der Waals surface area contributed by atoms with Crippen LogP contribution < -0.4 is 10.1 Å². The molecular weight excluding hydrogens is 318 g/mol. The van der Waals surface area contributed by atoms with Gasteiger partial charge in [-0.25, -0.2) is 0 Å². The van der Waals surface area contributed by atoms with Crippen LogP contribution in [0.2, 0.25) is 0 Å². The summed E-state index contributed by atoms with van der Waals surface area (Å²) in [4.78, 5) is 0. The number of hydrogen-bond donors (Lipinski definition) is 1. The van der Waals surface area contributed by atoms with Crippen molar-refractivity contribution >= 4 is 15.9 Å². The third kappa shape index (κ3) is 3.74. The second kappa shape index (κ2) is 6.46. The molecule has 2 aliphatic rings. The minimum Gasteiger partial charge on any atom is -0.490 e. The lowest BCUT2D eigenvalue weighted by Gasteiger charge is -2.26. The minimum absolute atomic E-state index is 0.295. The molecule has 0 spiro atoms. The zero-order valence-electron chi connectivity index (χ0n) is 12.0. The second-order valence-electron chi connectivity index (χ2n) is 5.80. The Hall–Kier alpha value is -0.580. The van der Waals surface area contributed by atoms with Crippen molar-refractivity contribution in [2.24, 2.45) is 0 Å². The maximum absolute atomic E-state index is 6.28. The van der Waals surface area contributed by atoms with E-state index in [-0.39, 0.29) is 0 Å². The molecule has 1 aromatic carbocycles. The lowest BCUT2D eigenvalue weighted by molar-refractivity contribution is 0.0248. The molecule has 1 aliphatic carbocycles. The van der Waals surface area contributed by atoms with Crippen LogP contribution in [0, 0.1) is 6.92 Å². The predicted molar refractivity (Wildman–Crippen MR) is 83.2 cm³/mol. The van der Waals surface area contributed by atoms with Crippen molar-refractivity contribution in [1.82, 2.24) is 5.32 Å². The average molecular weight is 340 g/mol. The van der Waals surface area contributed by atoms with E-state index in [2.05, 4.69) is 40.3 Å². The zero-order valence-corrected chi connectivity index (χ0v) is 13.5. The smallest absolute Gasteiger partial charge is 0.127 e. The van der Waals surface area contributed by atoms with Gasteiger partial charge in [0.15, 0.2) is 0 Å². The summed E-state index contributed by atoms with van der Waals surface area (Å²) in [5.74, 6) is 1.06. The van der Waals surface area contributed by atoms with E-state index in [0.717, 1.165) is 42.8 Å². The third-order valence-corrected chi connectivity index (χ3v) is 4.39. The molecule has 3 rings (SSSR count). The standard InChI is InChI=1S/C16H22BrNO2/c1-11-8-13(17)9-12(10-18-14-2-3-14)16(11)20-15-4-6-19-7-5-15/h8-9,14-15,18H,2-7,10H2,1H3. The van der Waals surface area contributed by atoms with Crippen LogP contribution in [-0.2, 0) is 11.3 Å². The molecule has 1 aliphatic heterocycles. The molecule has 4 heteroatoms. The van der Waals surface area contributed by atoms with E-state index in [1.54, 1.807) is 0 Å². The Morgan fingerprint density at radius 1 is 1.25 bits per heavy atom. The number of benzene rings is 1. The molecule has 1 saturated heterocycles. The summed E-state index contributed by atoms with van der Waals surface area (Å²) in [6, 6.07) is 5.02. The predicted octanol–water partition coefficient (Wildman–Crippen LogP) is 3.57. The maximum Gasteiger partial charge on any atom is 0.127 e. The van der Waals surface area contributed by atoms with Gasteiger partial charge < -0.3 is 14.8 Å². The van der Waals surface area contributed by atoms with Gasteiger partial charge in [0.05, 0.1) is 13.2 Å². The number of hydrogen-bond acceptors (Lipinski definition) is 3. The summed E-state index contributed by atoms with van der Waals surface area (Å²) in [7, 11) is 0. The molecule has 0 bridgehead atoms. The van der Waals surface area contributed by atoms with Crippen LogP contribution in [0.15, 0.2) is 16.6 Å². The van der Waals surface area contributed by atoms with Gasteiger partial charge >= 0.3 is 0 Å². The third-order valence-electron chi connectivity index (χ3n) is 3.93. The highest BCUT2D eigenvalue weighted by atomic mass is 79.9. The van der Waals surface area contributed by atoms with Crippen LogP contribution >= 0.6 is 15.9 Å². The van der Waals surface area contributed by atoms with E-state index in [1.165, 1.54) is 24.0 Å². The summed E-state index contributed by atoms with van der Waals surface area (Å²) in [6.45, 7) is 4.65. The summed E-state index contributed by atoms with van der Waals surface area (Å²) in [5, 5.41) is 3.58. The topological polar surface area (TPSA) is 30.5 Å². The SMILES string of the molecule is Cc1cc(Br)cc(CNC2CC2)c1OC1CCOCC1. The Bertz CT molecular complexity index is 468. The molecule has 0 radical (unpaired) electrons. The van der Waals surface area contributed by atoms with Crippen molar-refractivity contribution in [3.05, 3.63) is 27.7 Å². The molecule has 0 unspecified atom stereocenters. The van der Waals surface area contributed by atoms with Crippen molar-refractivity contribution in [2.45, 2.75) is 51.3 Å². The number of rotatable bonds is 5. The van der Waals surface area contributed by atoms with Crippen molar-refractivity contribution in [3.8, 4) is 5.75 Å². The molecule has 110 valence electrons. The largest absolute Gasteiger partial charge is 0.490 e. The molecule has 1 heterocycles. The molecule has 0 atom stereocenters. The summed E-state index contributed by atoms with van der Waals surface area (Å²) >= 11 is 3.59. The maximum atomic E-state index is 6.28. The molecule has 1 N–H and O–H groups in total. The van der Waals surface area contributed by atoms with E-state index in [1.807, 2.05) is 0 Å². The molecule has 0 aromatic heterocycles. The minimum atomic E-state index is 0.295. The second-order valence-corrected chi connectivity index (χ2v) is 6.71. The van der Waals surface area contributed by atoms with E-state index in [0.29, 0.717) is 12.1 Å². The number of halogens is 1. The van der Waals surface area contributed by atoms with Crippen LogP contribution in [0.4, 0.5) is 0 Å². The van der Waals surface area contributed by atoms with Crippen LogP contribution in [0.25, 0.3) is 0 Å². The lowest BCUT2D eigenvalue weighted by atomic mass is 10.1. The van der Waals surface area contributed by atoms with Crippen LogP contribution in [0.1, 0.15) is 36.8 Å². The number of nitrogens with one attached hydrogen (secondary N) is 1. The first-order valence-corrected chi connectivity index (χ1v) is 8.28. The highest BCUT2D eigenvalue weighted by Crippen LogP contribution is 2.31. The van der Waals surface area contributed by atoms with Gasteiger partial charge in [-0.15, -0.1) is 0 Å². The van der Waals surface area contributed by atoms with Gasteiger partial charge in [0, 0.05) is 35.5 Å². The van der Waals surface area contributed by atoms with Gasteiger partial charge in [-0.1, -0.05) is 15.9 Å². The van der Waals surface area contributed by atoms with Gasteiger partial charge in [-0.05, 0) is 37.5 Å². The summed E-state index contributed by atoms with van der Waals surface area (Å²) in [6.07, 6.45) is 4.89. The number of aryl methyl sites for hydroxylation is 1. The van der Waals surface area contributed by atoms with Gasteiger partial charge in [0.1, 0.15) is 11.9 Å². The lowest BCUT2D eigenvalue weighted by Crippen LogP contribution is -2.27. The van der Waals surface area contributed by atoms with Crippen molar-refractivity contribution in [2.75, 3.05) is 13.2 Å². The van der Waals surface area contributed by atoms with Gasteiger partial charge in [-0.2, -0.15) is 0 Å². The Morgan fingerprint density at radius 3 is 2.70 bits per heavy atom. The average Bonchev–Trinajstić information content (AvgIpc) is 3.25. The molecule has 0 amide bonds. The Kier molecular flexibility index (Phi) is 4.64. The van der Waals surface area contributed by atoms with Crippen LogP contribution in [0.5, 0.6) is 5.75 Å². The van der Waals surface area contributed by atoms with Crippen molar-refractivity contribution in [1.29, 1.82) is 0 Å². The highest BCUT2D eigenvalue weighted by molar-refractivity contribution is 9.10. The molecule has 1 saturated carbocycles. The summed E-state index contributed by atoms with van der Waals surface area (Å²) in [5.41, 5.74) is 2.47. The first-order valence-electron chi connectivity index (χ1n) is 7.49. The molecule has 3 nitrogen and oxygen atoms in total. The van der Waals surface area contributed by atoms with Crippen molar-refractivity contribution < 1.29 is 9.47 Å². The first kappa shape index (κ1) is 14.4. The van der Waals surface area contributed by atoms with Crippen LogP contribution in [0.3, 0.4) is 0 Å². The molecule has 2 fully saturated rings. The Balaban J connectivity index is 1.74. The zero-order chi connectivity index (χ0) is 13.9. The highest BCUT2D eigenvalue weighted by Gasteiger charge is 2.22. The fraction of sp³-hybridized carbons (Fsp3) is 0.625. The van der Waals surface area contributed by atoms with Gasteiger partial charge in [0.25, 0.3) is 0 Å². The van der Waals surface area contributed by atoms with E-state index in [9.17, 15) is 0 Å². The molecule has 20 heavy (non-hydrogen) atoms. The van der Waals surface area contributed by atoms with Gasteiger partial charge in [0.2, 0.25) is 0 Å². The first-order chi connectivity index (χ1) is 9.72. The Labute approximate surface area is 129 Å². The number of ether oxygens (including phenoxy) is 2. The normalized spacial score (nSPS) is 20.1. The quantitative estimate of drug-likeness (QED) is 0.889. The van der Waals surface area contributed by atoms with E-state index in [4.69, 9.17) is 9.47 Å². The van der Waals surface area contributed by atoms with E-state index < -0.39 is 0 Å². The fourth-order valence-electron chi connectivity index (χ4n) is 2.60.